The molecular weight excluding hydrogens is 190 g/mol. The van der Waals surface area contributed by atoms with Crippen LogP contribution in [0.1, 0.15) is 27.2 Å². The Labute approximate surface area is 91.5 Å². The molecule has 0 spiro atoms. The number of quaternary nitrogens is 1. The zero-order valence-electron chi connectivity index (χ0n) is 10.1. The maximum absolute atomic E-state index is 3.40. The summed E-state index contributed by atoms with van der Waals surface area (Å²) in [5, 5.41) is 2.40. The predicted molar refractivity (Wildman–Crippen MR) is 57.8 cm³/mol. The molecule has 5 atom stereocenters. The van der Waals surface area contributed by atoms with Crippen LogP contribution < -0.4 is 11.1 Å². The van der Waals surface area contributed by atoms with Gasteiger partial charge in [0.05, 0.1) is 7.05 Å². The van der Waals surface area contributed by atoms with Gasteiger partial charge in [-0.3, -0.25) is 0 Å². The lowest BCUT2D eigenvalue weighted by Crippen LogP contribution is -2.52. The molecule has 15 heavy (non-hydrogen) atoms. The highest BCUT2D eigenvalue weighted by atomic mass is 16.1. The number of rotatable bonds is 1. The molecule has 3 saturated heterocycles. The summed E-state index contributed by atoms with van der Waals surface area (Å²) in [5.41, 5.74) is 6.71. The Bertz CT molecular complexity index is 281. The van der Waals surface area contributed by atoms with Crippen molar-refractivity contribution in [3.8, 4) is 0 Å². The van der Waals surface area contributed by atoms with E-state index in [-0.39, 0.29) is 0 Å². The van der Waals surface area contributed by atoms with Crippen molar-refractivity contribution in [2.45, 2.75) is 51.6 Å². The van der Waals surface area contributed by atoms with Crippen molar-refractivity contribution in [2.75, 3.05) is 13.6 Å². The van der Waals surface area contributed by atoms with Crippen LogP contribution in [0.25, 0.3) is 0 Å². The molecule has 0 aromatic heterocycles. The number of nitrogens with zero attached hydrogens (tertiary/aromatic N) is 3. The minimum Gasteiger partial charge on any atom is -0.243 e. The zero-order chi connectivity index (χ0) is 10.8. The summed E-state index contributed by atoms with van der Waals surface area (Å²) in [4.78, 5) is 2.63. The molecule has 0 aromatic carbocycles. The Kier molecular flexibility index (Phi) is 1.95. The Balaban J connectivity index is 1.92. The zero-order valence-corrected chi connectivity index (χ0v) is 10.1. The molecule has 5 heteroatoms. The number of hydrazine groups is 2. The first kappa shape index (κ1) is 9.99. The van der Waals surface area contributed by atoms with Crippen LogP contribution in [0.3, 0.4) is 0 Å². The van der Waals surface area contributed by atoms with Gasteiger partial charge in [-0.15, -0.1) is 5.53 Å². The van der Waals surface area contributed by atoms with Crippen LogP contribution in [0.4, 0.5) is 0 Å². The van der Waals surface area contributed by atoms with Crippen LogP contribution in [0.2, 0.25) is 0 Å². The van der Waals surface area contributed by atoms with Gasteiger partial charge in [0.15, 0.2) is 0 Å². The molecule has 3 rings (SSSR count). The lowest BCUT2D eigenvalue weighted by Gasteiger charge is -2.26. The molecule has 0 amide bonds. The summed E-state index contributed by atoms with van der Waals surface area (Å²) in [6.45, 7) is 8.09. The first-order chi connectivity index (χ1) is 7.09. The van der Waals surface area contributed by atoms with Gasteiger partial charge in [0.25, 0.3) is 0 Å². The van der Waals surface area contributed by atoms with E-state index in [9.17, 15) is 0 Å². The highest BCUT2D eigenvalue weighted by Gasteiger charge is 2.76. The number of hydrogen-bond donors (Lipinski definition) is 2. The Morgan fingerprint density at radius 1 is 1.27 bits per heavy atom. The Hall–Kier alpha value is -0.200. The number of nitrogens with one attached hydrogen (secondary N) is 2. The number of fused-ring (bicyclic) bond motifs is 1. The fourth-order valence-corrected chi connectivity index (χ4v) is 3.53. The first-order valence-corrected chi connectivity index (χ1v) is 6.02. The molecule has 2 N–H and O–H groups in total. The van der Waals surface area contributed by atoms with Crippen LogP contribution in [0.15, 0.2) is 0 Å². The maximum atomic E-state index is 3.40. The second-order valence-corrected chi connectivity index (χ2v) is 5.37. The van der Waals surface area contributed by atoms with Gasteiger partial charge in [-0.1, -0.05) is 12.5 Å². The van der Waals surface area contributed by atoms with Crippen LogP contribution in [-0.4, -0.2) is 52.5 Å². The van der Waals surface area contributed by atoms with Gasteiger partial charge in [-0.2, -0.15) is 9.60 Å². The van der Waals surface area contributed by atoms with E-state index in [2.05, 4.69) is 48.8 Å². The number of likely N-dealkylation sites (N-methyl/N-ethyl adjacent to an activating group) is 2. The second-order valence-electron chi connectivity index (χ2n) is 5.37. The van der Waals surface area contributed by atoms with Crippen molar-refractivity contribution in [2.24, 2.45) is 0 Å². The van der Waals surface area contributed by atoms with Crippen molar-refractivity contribution < 1.29 is 4.59 Å². The fourth-order valence-electron chi connectivity index (χ4n) is 3.53. The molecule has 3 aliphatic heterocycles. The second kappa shape index (κ2) is 2.93. The van der Waals surface area contributed by atoms with Gasteiger partial charge < -0.3 is 0 Å². The standard InChI is InChI=1S/C10H22N5/c1-5-13-7(2)6-8(3)14-10-9(13)15(10,4)12-11-14/h7-12H,5-6H2,1-4H3/q+1. The lowest BCUT2D eigenvalue weighted by atomic mass is 10.1. The average molecular weight is 212 g/mol. The van der Waals surface area contributed by atoms with Crippen molar-refractivity contribution >= 4 is 0 Å². The molecule has 0 aromatic rings. The largest absolute Gasteiger partial charge is 0.249 e. The predicted octanol–water partition coefficient (Wildman–Crippen LogP) is -0.159. The smallest absolute Gasteiger partial charge is 0.243 e. The van der Waals surface area contributed by atoms with Crippen LogP contribution in [0, 0.1) is 0 Å². The van der Waals surface area contributed by atoms with Crippen molar-refractivity contribution in [1.29, 1.82) is 0 Å². The topological polar surface area (TPSA) is 30.5 Å². The summed E-state index contributed by atoms with van der Waals surface area (Å²) in [6.07, 6.45) is 2.48. The van der Waals surface area contributed by atoms with Crippen molar-refractivity contribution in [3.05, 3.63) is 0 Å². The summed E-state index contributed by atoms with van der Waals surface area (Å²) in [5.74, 6) is 0. The minimum absolute atomic E-state index is 0.602. The molecule has 0 bridgehead atoms. The van der Waals surface area contributed by atoms with Gasteiger partial charge in [0, 0.05) is 18.6 Å². The lowest BCUT2D eigenvalue weighted by molar-refractivity contribution is -0.855. The first-order valence-electron chi connectivity index (χ1n) is 6.02. The third-order valence-corrected chi connectivity index (χ3v) is 4.41. The van der Waals surface area contributed by atoms with E-state index < -0.39 is 0 Å². The van der Waals surface area contributed by atoms with Gasteiger partial charge in [0.1, 0.15) is 0 Å². The quantitative estimate of drug-likeness (QED) is 0.467. The number of hydrogen-bond acceptors (Lipinski definition) is 4. The SMILES string of the molecule is CCN1C(C)CC(C)N2NN[N+]3(C)C1C23. The maximum Gasteiger partial charge on any atom is 0.249 e. The summed E-state index contributed by atoms with van der Waals surface area (Å²) in [6, 6.07) is 1.29. The van der Waals surface area contributed by atoms with E-state index in [1.807, 2.05) is 0 Å². The van der Waals surface area contributed by atoms with E-state index in [0.29, 0.717) is 24.4 Å². The molecule has 86 valence electrons. The van der Waals surface area contributed by atoms with Gasteiger partial charge in [-0.05, 0) is 20.3 Å². The molecule has 0 radical (unpaired) electrons. The molecule has 5 unspecified atom stereocenters. The van der Waals surface area contributed by atoms with E-state index in [1.165, 1.54) is 6.42 Å². The van der Waals surface area contributed by atoms with Gasteiger partial charge in [0.2, 0.25) is 12.3 Å². The molecule has 0 aliphatic carbocycles. The van der Waals surface area contributed by atoms with Crippen LogP contribution in [0.5, 0.6) is 0 Å². The molecular formula is C10H22N5+. The fraction of sp³-hybridized carbons (Fsp3) is 1.00. The summed E-state index contributed by atoms with van der Waals surface area (Å²) in [7, 11) is 2.27. The highest BCUT2D eigenvalue weighted by molar-refractivity contribution is 4.95. The van der Waals surface area contributed by atoms with E-state index in [1.54, 1.807) is 0 Å². The van der Waals surface area contributed by atoms with E-state index in [4.69, 9.17) is 0 Å². The molecule has 3 aliphatic rings. The third kappa shape index (κ3) is 1.10. The summed E-state index contributed by atoms with van der Waals surface area (Å²) >= 11 is 0. The normalized spacial score (nSPS) is 55.2. The van der Waals surface area contributed by atoms with Gasteiger partial charge in [-0.25, -0.2) is 4.90 Å². The minimum atomic E-state index is 0.602. The molecule has 3 fully saturated rings. The van der Waals surface area contributed by atoms with E-state index in [0.717, 1.165) is 11.1 Å². The van der Waals surface area contributed by atoms with Crippen LogP contribution >= 0.6 is 0 Å². The molecule has 5 nitrogen and oxygen atoms in total. The average Bonchev–Trinajstić information content (AvgIpc) is 2.64. The molecule has 3 heterocycles. The molecule has 0 saturated carbocycles. The van der Waals surface area contributed by atoms with Gasteiger partial charge >= 0.3 is 0 Å². The van der Waals surface area contributed by atoms with E-state index >= 15 is 0 Å². The van der Waals surface area contributed by atoms with Crippen molar-refractivity contribution in [3.63, 3.8) is 0 Å². The Morgan fingerprint density at radius 2 is 2.00 bits per heavy atom. The summed E-state index contributed by atoms with van der Waals surface area (Å²) < 4.78 is 0.947. The highest BCUT2D eigenvalue weighted by Crippen LogP contribution is 2.46. The third-order valence-electron chi connectivity index (χ3n) is 4.41. The Morgan fingerprint density at radius 3 is 2.67 bits per heavy atom. The van der Waals surface area contributed by atoms with Crippen molar-refractivity contribution in [1.82, 2.24) is 21.0 Å². The van der Waals surface area contributed by atoms with Crippen LogP contribution in [-0.2, 0) is 0 Å². The monoisotopic (exact) mass is 212 g/mol.